The van der Waals surface area contributed by atoms with Crippen LogP contribution in [-0.2, 0) is 61.9 Å². The second-order valence-electron chi connectivity index (χ2n) is 18.7. The number of carboxylic acid groups (broad SMARTS) is 1. The number of aliphatic hydroxyl groups excluding tert-OH is 6. The number of ether oxygens (including phenoxy) is 7. The molecule has 0 aromatic rings. The smallest absolute Gasteiger partial charge is 0.309 e. The molecule has 20 heteroatoms. The van der Waals surface area contributed by atoms with Crippen LogP contribution in [0.3, 0.4) is 0 Å². The van der Waals surface area contributed by atoms with Crippen LogP contribution in [0.25, 0.3) is 0 Å². The van der Waals surface area contributed by atoms with Gasteiger partial charge in [0, 0.05) is 39.5 Å². The molecule has 7 N–H and O–H groups in total. The third-order valence-corrected chi connectivity index (χ3v) is 12.0. The second kappa shape index (κ2) is 37.3. The first-order chi connectivity index (χ1) is 33.2. The van der Waals surface area contributed by atoms with E-state index in [4.69, 9.17) is 38.3 Å². The van der Waals surface area contributed by atoms with Crippen molar-refractivity contribution in [3.8, 4) is 0 Å². The van der Waals surface area contributed by atoms with Gasteiger partial charge in [-0.05, 0) is 51.4 Å². The number of esters is 5. The molecule has 0 aliphatic carbocycles. The molecule has 20 nitrogen and oxygen atoms in total. The lowest BCUT2D eigenvalue weighted by atomic mass is 9.98. The van der Waals surface area contributed by atoms with Crippen LogP contribution in [0.4, 0.5) is 0 Å². The third-order valence-electron chi connectivity index (χ3n) is 12.0. The number of aliphatic hydroxyl groups is 6. The van der Waals surface area contributed by atoms with E-state index in [2.05, 4.69) is 0 Å². The molecule has 0 aromatic carbocycles. The average molecular weight is 1010 g/mol. The molecule has 1 heterocycles. The Bertz CT molecular complexity index is 1480. The summed E-state index contributed by atoms with van der Waals surface area (Å²) in [5.74, 6) is -4.75. The van der Waals surface area contributed by atoms with Crippen LogP contribution >= 0.6 is 0 Å². The molecule has 13 atom stereocenters. The lowest BCUT2D eigenvalue weighted by Gasteiger charge is -2.41. The summed E-state index contributed by atoms with van der Waals surface area (Å²) in [7, 11) is 0. The molecule has 0 bridgehead atoms. The predicted octanol–water partition coefficient (Wildman–Crippen LogP) is 5.02. The quantitative estimate of drug-likeness (QED) is 0.0241. The van der Waals surface area contributed by atoms with Gasteiger partial charge in [-0.25, -0.2) is 0 Å². The number of carboxylic acids is 1. The van der Waals surface area contributed by atoms with E-state index >= 15 is 0 Å². The first-order valence-electron chi connectivity index (χ1n) is 25.7. The molecule has 0 saturated carbocycles. The van der Waals surface area contributed by atoms with Gasteiger partial charge in [0.2, 0.25) is 0 Å². The summed E-state index contributed by atoms with van der Waals surface area (Å²) in [6.07, 6.45) is -7.44. The Morgan fingerprint density at radius 3 is 1.26 bits per heavy atom. The van der Waals surface area contributed by atoms with Crippen molar-refractivity contribution in [2.45, 2.75) is 275 Å². The van der Waals surface area contributed by atoms with Gasteiger partial charge in [-0.15, -0.1) is 0 Å². The second-order valence-corrected chi connectivity index (χ2v) is 18.7. The van der Waals surface area contributed by atoms with E-state index in [1.165, 1.54) is 13.8 Å². The Balaban J connectivity index is 3.22. The van der Waals surface area contributed by atoms with Crippen molar-refractivity contribution >= 4 is 35.8 Å². The van der Waals surface area contributed by atoms with Crippen molar-refractivity contribution in [2.24, 2.45) is 0 Å². The molecule has 1 saturated heterocycles. The SMILES string of the molecule is CCCCCC(CC(CC(=O)OC(CCCCC)CC(O)CC(=O)OC(CCCCC)CC(CC(=O)OC(CCCCC)CC(O)CC(=O)O)OC(C)=O)OC1OC(CO)C(O)C(O)C1O)OC(C)=O. The van der Waals surface area contributed by atoms with Crippen LogP contribution in [0.2, 0.25) is 0 Å². The minimum absolute atomic E-state index is 0.0421. The lowest BCUT2D eigenvalue weighted by Crippen LogP contribution is -2.59. The molecule has 1 aliphatic rings. The third kappa shape index (κ3) is 29.1. The first-order valence-corrected chi connectivity index (χ1v) is 25.7. The minimum Gasteiger partial charge on any atom is -0.481 e. The van der Waals surface area contributed by atoms with Gasteiger partial charge in [0.15, 0.2) is 6.29 Å². The molecule has 0 amide bonds. The Labute approximate surface area is 414 Å². The first kappa shape index (κ1) is 64.5. The number of hydrogen-bond donors (Lipinski definition) is 7. The van der Waals surface area contributed by atoms with E-state index in [1.807, 2.05) is 27.7 Å². The van der Waals surface area contributed by atoms with Crippen LogP contribution in [0, 0.1) is 0 Å². The maximum absolute atomic E-state index is 13.7. The van der Waals surface area contributed by atoms with Crippen molar-refractivity contribution < 1.29 is 97.7 Å². The average Bonchev–Trinajstić information content (AvgIpc) is 3.25. The van der Waals surface area contributed by atoms with Gasteiger partial charge >= 0.3 is 35.8 Å². The maximum Gasteiger partial charge on any atom is 0.309 e. The molecule has 70 heavy (non-hydrogen) atoms. The van der Waals surface area contributed by atoms with Gasteiger partial charge in [0.25, 0.3) is 0 Å². The van der Waals surface area contributed by atoms with Crippen LogP contribution in [0.5, 0.6) is 0 Å². The zero-order chi connectivity index (χ0) is 52.6. The Kier molecular flexibility index (Phi) is 34.4. The molecular weight excluding hydrogens is 921 g/mol. The maximum atomic E-state index is 13.7. The number of carbonyl (C=O) groups is 6. The van der Waals surface area contributed by atoms with Crippen molar-refractivity contribution in [1.29, 1.82) is 0 Å². The van der Waals surface area contributed by atoms with E-state index < -0.39 is 148 Å². The molecule has 1 rings (SSSR count). The van der Waals surface area contributed by atoms with Crippen molar-refractivity contribution in [3.05, 3.63) is 0 Å². The van der Waals surface area contributed by atoms with Gasteiger partial charge in [0.05, 0.1) is 50.6 Å². The topological polar surface area (TPSA) is 309 Å². The largest absolute Gasteiger partial charge is 0.481 e. The standard InChI is InChI=1S/C50H88O20/c1-7-11-15-19-36(23-34(54)25-43(56)57)66-45(59)29-40(65-33(6)53)28-39(22-18-14-10-4)68-44(58)26-35(55)24-37(20-16-12-8-2)67-46(60)30-41(27-38(64-32(5)52)21-17-13-9-3)69-50-49(63)48(62)47(61)42(31-51)70-50/h34-42,47-51,54-55,61-63H,7-31H2,1-6H3,(H,56,57). The van der Waals surface area contributed by atoms with Crippen LogP contribution < -0.4 is 0 Å². The van der Waals surface area contributed by atoms with Crippen LogP contribution in [-0.4, -0.2) is 158 Å². The fraction of sp³-hybridized carbons (Fsp3) is 0.880. The fourth-order valence-electron chi connectivity index (χ4n) is 8.41. The van der Waals surface area contributed by atoms with Gasteiger partial charge in [-0.2, -0.15) is 0 Å². The van der Waals surface area contributed by atoms with Gasteiger partial charge in [-0.3, -0.25) is 28.8 Å². The summed E-state index contributed by atoms with van der Waals surface area (Å²) in [4.78, 5) is 75.9. The van der Waals surface area contributed by atoms with E-state index in [0.717, 1.165) is 51.4 Å². The highest BCUT2D eigenvalue weighted by atomic mass is 16.7. The molecule has 408 valence electrons. The number of rotatable bonds is 40. The van der Waals surface area contributed by atoms with Gasteiger partial charge in [0.1, 0.15) is 54.9 Å². The molecule has 0 spiro atoms. The Hall–Kier alpha value is -3.50. The van der Waals surface area contributed by atoms with E-state index in [-0.39, 0.29) is 25.7 Å². The monoisotopic (exact) mass is 1010 g/mol. The number of carbonyl (C=O) groups excluding carboxylic acids is 5. The summed E-state index contributed by atoms with van der Waals surface area (Å²) < 4.78 is 40.0. The zero-order valence-electron chi connectivity index (χ0n) is 42.6. The highest BCUT2D eigenvalue weighted by Crippen LogP contribution is 2.28. The van der Waals surface area contributed by atoms with E-state index in [9.17, 15) is 59.4 Å². The normalized spacial score (nSPS) is 21.5. The number of aliphatic carboxylic acids is 1. The molecule has 0 radical (unpaired) electrons. The molecule has 1 fully saturated rings. The summed E-state index contributed by atoms with van der Waals surface area (Å²) in [6.45, 7) is 9.69. The molecule has 13 unspecified atom stereocenters. The zero-order valence-corrected chi connectivity index (χ0v) is 42.6. The summed E-state index contributed by atoms with van der Waals surface area (Å²) in [5, 5.41) is 71.9. The molecule has 0 aromatic heterocycles. The van der Waals surface area contributed by atoms with Crippen LogP contribution in [0.1, 0.15) is 196 Å². The minimum atomic E-state index is -1.77. The predicted molar refractivity (Wildman–Crippen MR) is 253 cm³/mol. The summed E-state index contributed by atoms with van der Waals surface area (Å²) in [5.41, 5.74) is 0. The van der Waals surface area contributed by atoms with E-state index in [1.54, 1.807) is 0 Å². The highest BCUT2D eigenvalue weighted by Gasteiger charge is 2.45. The highest BCUT2D eigenvalue weighted by molar-refractivity contribution is 5.72. The molecular formula is C50H88O20. The van der Waals surface area contributed by atoms with Gasteiger partial charge < -0.3 is 68.9 Å². The van der Waals surface area contributed by atoms with Gasteiger partial charge in [-0.1, -0.05) is 79.1 Å². The Morgan fingerprint density at radius 1 is 0.471 bits per heavy atom. The summed E-state index contributed by atoms with van der Waals surface area (Å²) in [6, 6.07) is 0. The lowest BCUT2D eigenvalue weighted by molar-refractivity contribution is -0.312. The number of hydrogen-bond acceptors (Lipinski definition) is 19. The Morgan fingerprint density at radius 2 is 0.843 bits per heavy atom. The van der Waals surface area contributed by atoms with Crippen LogP contribution in [0.15, 0.2) is 0 Å². The fourth-order valence-corrected chi connectivity index (χ4v) is 8.41. The van der Waals surface area contributed by atoms with Crippen molar-refractivity contribution in [2.75, 3.05) is 6.61 Å². The van der Waals surface area contributed by atoms with Crippen molar-refractivity contribution in [1.82, 2.24) is 0 Å². The van der Waals surface area contributed by atoms with Crippen molar-refractivity contribution in [3.63, 3.8) is 0 Å². The molecule has 1 aliphatic heterocycles. The summed E-state index contributed by atoms with van der Waals surface area (Å²) >= 11 is 0. The number of unbranched alkanes of at least 4 members (excludes halogenated alkanes) is 8. The van der Waals surface area contributed by atoms with E-state index in [0.29, 0.717) is 51.4 Å².